The molecule has 160 valence electrons. The number of thioether (sulfide) groups is 1. The number of imide groups is 1. The van der Waals surface area contributed by atoms with E-state index in [9.17, 15) is 14.4 Å². The third kappa shape index (κ3) is 3.87. The lowest BCUT2D eigenvalue weighted by Gasteiger charge is -2.29. The average Bonchev–Trinajstić information content (AvgIpc) is 3.39. The average molecular weight is 444 g/mol. The Bertz CT molecular complexity index is 1230. The van der Waals surface area contributed by atoms with Crippen LogP contribution < -0.4 is 0 Å². The van der Waals surface area contributed by atoms with E-state index >= 15 is 0 Å². The Morgan fingerprint density at radius 2 is 1.69 bits per heavy atom. The van der Waals surface area contributed by atoms with Crippen LogP contribution in [0.2, 0.25) is 0 Å². The van der Waals surface area contributed by atoms with Crippen LogP contribution in [0.25, 0.3) is 11.8 Å². The molecule has 32 heavy (non-hydrogen) atoms. The Labute approximate surface area is 190 Å². The summed E-state index contributed by atoms with van der Waals surface area (Å²) in [6, 6.07) is 21.6. The van der Waals surface area contributed by atoms with E-state index in [4.69, 9.17) is 0 Å². The second-order valence-electron chi connectivity index (χ2n) is 7.74. The van der Waals surface area contributed by atoms with Crippen molar-refractivity contribution >= 4 is 34.9 Å². The molecule has 2 aromatic carbocycles. The number of hydrogen-bond acceptors (Lipinski definition) is 4. The smallest absolute Gasteiger partial charge is 0.294 e. The van der Waals surface area contributed by atoms with E-state index in [1.807, 2.05) is 71.4 Å². The first-order chi connectivity index (χ1) is 15.6. The van der Waals surface area contributed by atoms with Crippen LogP contribution in [-0.4, -0.2) is 44.5 Å². The van der Waals surface area contributed by atoms with Gasteiger partial charge >= 0.3 is 0 Å². The van der Waals surface area contributed by atoms with Gasteiger partial charge in [0.05, 0.1) is 4.91 Å². The number of para-hydroxylation sites is 1. The minimum absolute atomic E-state index is 0.212. The molecule has 0 spiro atoms. The van der Waals surface area contributed by atoms with Gasteiger partial charge in [-0.05, 0) is 59.7 Å². The van der Waals surface area contributed by atoms with E-state index in [1.54, 1.807) is 11.0 Å². The van der Waals surface area contributed by atoms with Crippen LogP contribution in [-0.2, 0) is 22.6 Å². The van der Waals surface area contributed by atoms with Gasteiger partial charge in [-0.3, -0.25) is 19.3 Å². The Balaban J connectivity index is 1.31. The van der Waals surface area contributed by atoms with Crippen molar-refractivity contribution in [2.45, 2.75) is 13.0 Å². The van der Waals surface area contributed by atoms with Gasteiger partial charge in [0.25, 0.3) is 11.1 Å². The normalized spacial score (nSPS) is 17.2. The van der Waals surface area contributed by atoms with E-state index in [1.165, 1.54) is 5.56 Å². The second kappa shape index (κ2) is 8.51. The Morgan fingerprint density at radius 3 is 2.50 bits per heavy atom. The van der Waals surface area contributed by atoms with Crippen molar-refractivity contribution in [2.24, 2.45) is 0 Å². The quantitative estimate of drug-likeness (QED) is 0.570. The van der Waals surface area contributed by atoms with E-state index in [0.717, 1.165) is 40.0 Å². The van der Waals surface area contributed by atoms with E-state index in [2.05, 4.69) is 6.07 Å². The highest BCUT2D eigenvalue weighted by Gasteiger charge is 2.37. The maximum atomic E-state index is 12.9. The number of nitrogens with zero attached hydrogens (tertiary/aromatic N) is 3. The number of fused-ring (bicyclic) bond motifs is 1. The predicted octanol–water partition coefficient (Wildman–Crippen LogP) is 4.10. The molecule has 0 aliphatic carbocycles. The number of carbonyl (C=O) groups is 3. The fourth-order valence-electron chi connectivity index (χ4n) is 4.05. The van der Waals surface area contributed by atoms with Crippen molar-refractivity contribution in [1.29, 1.82) is 0 Å². The molecular weight excluding hydrogens is 422 g/mol. The van der Waals surface area contributed by atoms with Gasteiger partial charge in [0.1, 0.15) is 6.54 Å². The van der Waals surface area contributed by atoms with Gasteiger partial charge in [0.2, 0.25) is 5.91 Å². The van der Waals surface area contributed by atoms with Gasteiger partial charge < -0.3 is 9.47 Å². The topological polar surface area (TPSA) is 62.6 Å². The molecule has 1 aromatic heterocycles. The summed E-state index contributed by atoms with van der Waals surface area (Å²) < 4.78 is 1.95. The Hall–Kier alpha value is -3.58. The van der Waals surface area contributed by atoms with Gasteiger partial charge in [0.15, 0.2) is 0 Å². The second-order valence-corrected chi connectivity index (χ2v) is 8.73. The summed E-state index contributed by atoms with van der Waals surface area (Å²) in [7, 11) is 0. The van der Waals surface area contributed by atoms with E-state index < -0.39 is 11.1 Å². The highest BCUT2D eigenvalue weighted by molar-refractivity contribution is 8.18. The number of carbonyl (C=O) groups excluding carboxylic acids is 3. The molecule has 5 rings (SSSR count). The van der Waals surface area contributed by atoms with Crippen LogP contribution in [0.4, 0.5) is 4.79 Å². The standard InChI is InChI=1S/C25H21N3O3S/c29-23(26-14-12-18-7-4-5-8-19(18)16-26)17-28-24(30)22(32-25(28)31)15-21-11-6-13-27(21)20-9-2-1-3-10-20/h1-11,13,15H,12,14,16-17H2. The van der Waals surface area contributed by atoms with E-state index in [0.29, 0.717) is 18.0 Å². The first-order valence-electron chi connectivity index (χ1n) is 10.4. The number of benzene rings is 2. The van der Waals surface area contributed by atoms with Crippen molar-refractivity contribution in [1.82, 2.24) is 14.4 Å². The van der Waals surface area contributed by atoms with Crippen LogP contribution in [0.5, 0.6) is 0 Å². The fraction of sp³-hybridized carbons (Fsp3) is 0.160. The maximum Gasteiger partial charge on any atom is 0.294 e. The summed E-state index contributed by atoms with van der Waals surface area (Å²) in [6.45, 7) is 0.863. The van der Waals surface area contributed by atoms with Crippen molar-refractivity contribution in [2.75, 3.05) is 13.1 Å². The molecule has 2 aliphatic heterocycles. The molecule has 6 nitrogen and oxygen atoms in total. The van der Waals surface area contributed by atoms with Gasteiger partial charge in [0, 0.05) is 30.7 Å². The third-order valence-corrected chi connectivity index (χ3v) is 6.65. The van der Waals surface area contributed by atoms with Crippen molar-refractivity contribution in [3.63, 3.8) is 0 Å². The summed E-state index contributed by atoms with van der Waals surface area (Å²) >= 11 is 0.876. The number of hydrogen-bond donors (Lipinski definition) is 0. The summed E-state index contributed by atoms with van der Waals surface area (Å²) in [5.74, 6) is -0.637. The summed E-state index contributed by atoms with van der Waals surface area (Å²) in [5.41, 5.74) is 4.11. The molecule has 3 amide bonds. The summed E-state index contributed by atoms with van der Waals surface area (Å²) in [4.78, 5) is 41.4. The zero-order valence-corrected chi connectivity index (χ0v) is 18.1. The molecule has 0 N–H and O–H groups in total. The lowest BCUT2D eigenvalue weighted by molar-refractivity contribution is -0.136. The van der Waals surface area contributed by atoms with Gasteiger partial charge in [-0.25, -0.2) is 0 Å². The van der Waals surface area contributed by atoms with Crippen LogP contribution in [0.15, 0.2) is 77.8 Å². The Kier molecular flexibility index (Phi) is 5.41. The molecular formula is C25H21N3O3S. The monoisotopic (exact) mass is 443 g/mol. The lowest BCUT2D eigenvalue weighted by Crippen LogP contribution is -2.44. The minimum atomic E-state index is -0.424. The molecule has 3 aromatic rings. The molecule has 0 bridgehead atoms. The highest BCUT2D eigenvalue weighted by Crippen LogP contribution is 2.33. The first kappa shape index (κ1) is 20.3. The van der Waals surface area contributed by atoms with Crippen LogP contribution in [0.3, 0.4) is 0 Å². The molecule has 0 unspecified atom stereocenters. The Morgan fingerprint density at radius 1 is 0.938 bits per heavy atom. The summed E-state index contributed by atoms with van der Waals surface area (Å²) in [6.07, 6.45) is 4.39. The van der Waals surface area contributed by atoms with Gasteiger partial charge in [-0.2, -0.15) is 0 Å². The van der Waals surface area contributed by atoms with Gasteiger partial charge in [-0.15, -0.1) is 0 Å². The van der Waals surface area contributed by atoms with Gasteiger partial charge in [-0.1, -0.05) is 42.5 Å². The first-order valence-corrected chi connectivity index (χ1v) is 11.2. The summed E-state index contributed by atoms with van der Waals surface area (Å²) in [5, 5.41) is -0.412. The third-order valence-electron chi connectivity index (χ3n) is 5.74. The molecule has 1 saturated heterocycles. The van der Waals surface area contributed by atoms with Crippen LogP contribution in [0, 0.1) is 0 Å². The highest BCUT2D eigenvalue weighted by atomic mass is 32.2. The van der Waals surface area contributed by atoms with Crippen LogP contribution >= 0.6 is 11.8 Å². The molecule has 0 radical (unpaired) electrons. The SMILES string of the molecule is O=C(CN1C(=O)SC(=Cc2cccn2-c2ccccc2)C1=O)N1CCc2ccccc2C1. The largest absolute Gasteiger partial charge is 0.336 e. The van der Waals surface area contributed by atoms with Crippen molar-refractivity contribution < 1.29 is 14.4 Å². The molecule has 2 aliphatic rings. The predicted molar refractivity (Wildman–Crippen MR) is 124 cm³/mol. The lowest BCUT2D eigenvalue weighted by atomic mass is 10.00. The minimum Gasteiger partial charge on any atom is -0.336 e. The number of aromatic nitrogens is 1. The van der Waals surface area contributed by atoms with Crippen molar-refractivity contribution in [3.05, 3.63) is 94.7 Å². The molecule has 0 saturated carbocycles. The molecule has 3 heterocycles. The van der Waals surface area contributed by atoms with E-state index in [-0.39, 0.29) is 12.5 Å². The number of rotatable bonds is 4. The molecule has 0 atom stereocenters. The molecule has 1 fully saturated rings. The zero-order chi connectivity index (χ0) is 22.1. The van der Waals surface area contributed by atoms with Crippen molar-refractivity contribution in [3.8, 4) is 5.69 Å². The zero-order valence-electron chi connectivity index (χ0n) is 17.3. The fourth-order valence-corrected chi connectivity index (χ4v) is 4.87. The maximum absolute atomic E-state index is 12.9. The molecule has 7 heteroatoms. The number of amides is 3. The van der Waals surface area contributed by atoms with Crippen LogP contribution in [0.1, 0.15) is 16.8 Å².